The second kappa shape index (κ2) is 5.61. The maximum Gasteiger partial charge on any atom is 0.346 e. The predicted octanol–water partition coefficient (Wildman–Crippen LogP) is 3.57. The number of amides is 1. The van der Waals surface area contributed by atoms with E-state index in [4.69, 9.17) is 4.74 Å². The van der Waals surface area contributed by atoms with E-state index in [0.29, 0.717) is 0 Å². The molecule has 0 spiro atoms. The van der Waals surface area contributed by atoms with Crippen molar-refractivity contribution < 1.29 is 9.53 Å². The van der Waals surface area contributed by atoms with Gasteiger partial charge in [-0.3, -0.25) is 0 Å². The smallest absolute Gasteiger partial charge is 0.346 e. The molecule has 0 unspecified atom stereocenters. The predicted molar refractivity (Wildman–Crippen MR) is 87.7 cm³/mol. The Hall–Kier alpha value is -3.08. The van der Waals surface area contributed by atoms with Gasteiger partial charge in [0.2, 0.25) is 0 Å². The lowest BCUT2D eigenvalue weighted by Crippen LogP contribution is -2.19. The molecule has 3 aromatic rings. The molecule has 5 heteroatoms. The number of benzene rings is 2. The number of hydrogen-bond donors (Lipinski definition) is 1. The highest BCUT2D eigenvalue weighted by Gasteiger charge is 2.14. The third kappa shape index (κ3) is 2.68. The molecule has 23 heavy (non-hydrogen) atoms. The molecule has 1 amide bonds. The van der Waals surface area contributed by atoms with E-state index in [1.165, 1.54) is 10.2 Å². The standard InChI is InChI=1S/C18H15N3O2/c22-18(19-15-4-2-1-3-5-15)21-10-8-16(20-21)13-6-7-17-14(12-13)9-11-23-17/h1-8,10,12H,9,11H2,(H,19,22). The largest absolute Gasteiger partial charge is 0.493 e. The third-order valence-corrected chi connectivity index (χ3v) is 3.81. The van der Waals surface area contributed by atoms with Crippen molar-refractivity contribution in [3.8, 4) is 17.0 Å². The zero-order valence-electron chi connectivity index (χ0n) is 12.4. The van der Waals surface area contributed by atoms with Gasteiger partial charge in [-0.25, -0.2) is 4.79 Å². The van der Waals surface area contributed by atoms with Crippen molar-refractivity contribution in [1.82, 2.24) is 9.78 Å². The van der Waals surface area contributed by atoms with Crippen molar-refractivity contribution >= 4 is 11.7 Å². The van der Waals surface area contributed by atoms with Gasteiger partial charge in [0.15, 0.2) is 0 Å². The van der Waals surface area contributed by atoms with Gasteiger partial charge >= 0.3 is 6.03 Å². The van der Waals surface area contributed by atoms with E-state index < -0.39 is 0 Å². The Balaban J connectivity index is 1.56. The van der Waals surface area contributed by atoms with Crippen LogP contribution < -0.4 is 10.1 Å². The molecule has 1 N–H and O–H groups in total. The number of para-hydroxylation sites is 1. The molecule has 114 valence electrons. The summed E-state index contributed by atoms with van der Waals surface area (Å²) in [7, 11) is 0. The maximum absolute atomic E-state index is 12.2. The molecular weight excluding hydrogens is 290 g/mol. The molecule has 1 aliphatic rings. The summed E-state index contributed by atoms with van der Waals surface area (Å²) in [5.74, 6) is 0.940. The van der Waals surface area contributed by atoms with Gasteiger partial charge in [-0.2, -0.15) is 9.78 Å². The summed E-state index contributed by atoms with van der Waals surface area (Å²) < 4.78 is 6.82. The van der Waals surface area contributed by atoms with Crippen molar-refractivity contribution in [2.75, 3.05) is 11.9 Å². The first kappa shape index (κ1) is 13.6. The van der Waals surface area contributed by atoms with Crippen LogP contribution in [0.1, 0.15) is 5.56 Å². The second-order valence-electron chi connectivity index (χ2n) is 5.36. The minimum atomic E-state index is -0.285. The Kier molecular flexibility index (Phi) is 3.31. The van der Waals surface area contributed by atoms with E-state index in [9.17, 15) is 4.79 Å². The number of hydrogen-bond acceptors (Lipinski definition) is 3. The average molecular weight is 305 g/mol. The number of nitrogens with one attached hydrogen (secondary N) is 1. The lowest BCUT2D eigenvalue weighted by molar-refractivity contribution is 0.251. The van der Waals surface area contributed by atoms with Crippen LogP contribution in [0.4, 0.5) is 10.5 Å². The number of rotatable bonds is 2. The van der Waals surface area contributed by atoms with E-state index in [1.807, 2.05) is 48.5 Å². The van der Waals surface area contributed by atoms with Crippen LogP contribution >= 0.6 is 0 Å². The second-order valence-corrected chi connectivity index (χ2v) is 5.36. The summed E-state index contributed by atoms with van der Waals surface area (Å²) in [5.41, 5.74) is 3.68. The third-order valence-electron chi connectivity index (χ3n) is 3.81. The van der Waals surface area contributed by atoms with Crippen LogP contribution in [0.5, 0.6) is 5.75 Å². The number of anilines is 1. The Bertz CT molecular complexity index is 856. The van der Waals surface area contributed by atoms with Crippen LogP contribution in [0, 0.1) is 0 Å². The summed E-state index contributed by atoms with van der Waals surface area (Å²) in [6, 6.07) is 16.9. The fourth-order valence-corrected chi connectivity index (χ4v) is 2.64. The van der Waals surface area contributed by atoms with Gasteiger partial charge in [0, 0.05) is 23.9 Å². The highest BCUT2D eigenvalue weighted by Crippen LogP contribution is 2.29. The SMILES string of the molecule is O=C(Nc1ccccc1)n1ccc(-c2ccc3c(c2)CCO3)n1. The van der Waals surface area contributed by atoms with Gasteiger partial charge < -0.3 is 10.1 Å². The minimum absolute atomic E-state index is 0.285. The van der Waals surface area contributed by atoms with Crippen molar-refractivity contribution in [3.63, 3.8) is 0 Å². The molecule has 4 rings (SSSR count). The number of carbonyl (C=O) groups is 1. The highest BCUT2D eigenvalue weighted by molar-refractivity contribution is 5.90. The van der Waals surface area contributed by atoms with E-state index in [-0.39, 0.29) is 6.03 Å². The van der Waals surface area contributed by atoms with Gasteiger partial charge in [0.1, 0.15) is 5.75 Å². The fourth-order valence-electron chi connectivity index (χ4n) is 2.64. The molecular formula is C18H15N3O2. The van der Waals surface area contributed by atoms with E-state index >= 15 is 0 Å². The molecule has 0 fully saturated rings. The molecule has 0 saturated carbocycles. The molecule has 1 aliphatic heterocycles. The maximum atomic E-state index is 12.2. The van der Waals surface area contributed by atoms with Gasteiger partial charge in [-0.1, -0.05) is 18.2 Å². The molecule has 5 nitrogen and oxygen atoms in total. The molecule has 2 heterocycles. The molecule has 0 aliphatic carbocycles. The van der Waals surface area contributed by atoms with Crippen LogP contribution in [-0.4, -0.2) is 22.4 Å². The van der Waals surface area contributed by atoms with Crippen molar-refractivity contribution in [2.24, 2.45) is 0 Å². The zero-order chi connectivity index (χ0) is 15.6. The number of nitrogens with zero attached hydrogens (tertiary/aromatic N) is 2. The van der Waals surface area contributed by atoms with Gasteiger partial charge in [-0.15, -0.1) is 0 Å². The number of carbonyl (C=O) groups excluding carboxylic acids is 1. The van der Waals surface area contributed by atoms with Gasteiger partial charge in [-0.05, 0) is 42.0 Å². The van der Waals surface area contributed by atoms with Crippen LogP contribution in [0.15, 0.2) is 60.8 Å². The Labute approximate surface area is 133 Å². The zero-order valence-corrected chi connectivity index (χ0v) is 12.4. The Morgan fingerprint density at radius 3 is 2.87 bits per heavy atom. The molecule has 0 bridgehead atoms. The fraction of sp³-hybridized carbons (Fsp3) is 0.111. The summed E-state index contributed by atoms with van der Waals surface area (Å²) >= 11 is 0. The van der Waals surface area contributed by atoms with Gasteiger partial charge in [0.25, 0.3) is 0 Å². The summed E-state index contributed by atoms with van der Waals surface area (Å²) in [6.45, 7) is 0.729. The first-order valence-corrected chi connectivity index (χ1v) is 7.48. The summed E-state index contributed by atoms with van der Waals surface area (Å²) in [4.78, 5) is 12.2. The highest BCUT2D eigenvalue weighted by atomic mass is 16.5. The van der Waals surface area contributed by atoms with Crippen LogP contribution in [0.25, 0.3) is 11.3 Å². The number of ether oxygens (including phenoxy) is 1. The van der Waals surface area contributed by atoms with Crippen molar-refractivity contribution in [3.05, 3.63) is 66.4 Å². The number of fused-ring (bicyclic) bond motifs is 1. The normalized spacial score (nSPS) is 12.5. The average Bonchev–Trinajstić information content (AvgIpc) is 3.24. The van der Waals surface area contributed by atoms with E-state index in [0.717, 1.165) is 35.7 Å². The van der Waals surface area contributed by atoms with Crippen LogP contribution in [0.3, 0.4) is 0 Å². The summed E-state index contributed by atoms with van der Waals surface area (Å²) in [6.07, 6.45) is 2.58. The molecule has 1 aromatic heterocycles. The van der Waals surface area contributed by atoms with E-state index in [2.05, 4.69) is 16.5 Å². The first-order valence-electron chi connectivity index (χ1n) is 7.48. The van der Waals surface area contributed by atoms with Crippen LogP contribution in [-0.2, 0) is 6.42 Å². The van der Waals surface area contributed by atoms with Crippen LogP contribution in [0.2, 0.25) is 0 Å². The first-order chi connectivity index (χ1) is 11.3. The van der Waals surface area contributed by atoms with Crippen molar-refractivity contribution in [1.29, 1.82) is 0 Å². The van der Waals surface area contributed by atoms with Gasteiger partial charge in [0.05, 0.1) is 12.3 Å². The summed E-state index contributed by atoms with van der Waals surface area (Å²) in [5, 5.41) is 7.17. The van der Waals surface area contributed by atoms with Crippen molar-refractivity contribution in [2.45, 2.75) is 6.42 Å². The quantitative estimate of drug-likeness (QED) is 0.787. The Morgan fingerprint density at radius 1 is 1.13 bits per heavy atom. The lowest BCUT2D eigenvalue weighted by Gasteiger charge is -2.04. The topological polar surface area (TPSA) is 56.2 Å². The molecule has 0 atom stereocenters. The molecule has 0 saturated heterocycles. The number of aromatic nitrogens is 2. The monoisotopic (exact) mass is 305 g/mol. The Morgan fingerprint density at radius 2 is 2.00 bits per heavy atom. The molecule has 0 radical (unpaired) electrons. The van der Waals surface area contributed by atoms with E-state index in [1.54, 1.807) is 6.20 Å². The molecule has 2 aromatic carbocycles. The minimum Gasteiger partial charge on any atom is -0.493 e. The lowest BCUT2D eigenvalue weighted by atomic mass is 10.1.